The summed E-state index contributed by atoms with van der Waals surface area (Å²) >= 11 is 5.11. The fourth-order valence-corrected chi connectivity index (χ4v) is 2.69. The van der Waals surface area contributed by atoms with Crippen LogP contribution < -0.4 is 16.0 Å². The lowest BCUT2D eigenvalue weighted by Gasteiger charge is -2.41. The molecule has 1 aromatic heterocycles. The van der Waals surface area contributed by atoms with Gasteiger partial charge in [0, 0.05) is 5.69 Å². The minimum Gasteiger partial charge on any atom is -0.389 e. The fourth-order valence-electron chi connectivity index (χ4n) is 2.44. The van der Waals surface area contributed by atoms with Crippen LogP contribution in [0.1, 0.15) is 30.7 Å². The van der Waals surface area contributed by atoms with Gasteiger partial charge in [0.15, 0.2) is 0 Å². The first kappa shape index (κ1) is 15.4. The van der Waals surface area contributed by atoms with Crippen LogP contribution in [0.5, 0.6) is 0 Å². The number of nitrogens with one attached hydrogen (secondary N) is 1. The molecule has 0 bridgehead atoms. The van der Waals surface area contributed by atoms with Crippen molar-refractivity contribution in [3.05, 3.63) is 22.9 Å². The summed E-state index contributed by atoms with van der Waals surface area (Å²) < 4.78 is 0. The van der Waals surface area contributed by atoms with Crippen molar-refractivity contribution < 1.29 is 9.59 Å². The first-order chi connectivity index (χ1) is 9.64. The van der Waals surface area contributed by atoms with Crippen LogP contribution in [-0.2, 0) is 9.59 Å². The number of rotatable bonds is 2. The van der Waals surface area contributed by atoms with E-state index in [1.807, 2.05) is 19.9 Å². The van der Waals surface area contributed by atoms with E-state index < -0.39 is 5.54 Å². The predicted octanol–water partition coefficient (Wildman–Crippen LogP) is 0.574. The quantitative estimate of drug-likeness (QED) is 0.613. The number of anilines is 1. The number of nitrogens with zero attached hydrogens (tertiary/aromatic N) is 2. The molecule has 2 heterocycles. The SMILES string of the molecule is Cc1cc(C)c(C(N)=S)c(N2CC(=O)NC(=O)C2(C)C)n1. The van der Waals surface area contributed by atoms with Gasteiger partial charge in [0.05, 0.1) is 12.1 Å². The molecule has 1 aliphatic rings. The number of hydrogen-bond donors (Lipinski definition) is 2. The lowest BCUT2D eigenvalue weighted by molar-refractivity contribution is -0.135. The van der Waals surface area contributed by atoms with Gasteiger partial charge in [0.25, 0.3) is 5.91 Å². The fraction of sp³-hybridized carbons (Fsp3) is 0.429. The zero-order valence-electron chi connectivity index (χ0n) is 12.5. The molecular formula is C14H18N4O2S. The number of aryl methyl sites for hydroxylation is 2. The van der Waals surface area contributed by atoms with Gasteiger partial charge in [0.1, 0.15) is 16.3 Å². The summed E-state index contributed by atoms with van der Waals surface area (Å²) in [7, 11) is 0. The van der Waals surface area contributed by atoms with E-state index in [1.165, 1.54) is 0 Å². The second kappa shape index (κ2) is 5.07. The predicted molar refractivity (Wildman–Crippen MR) is 84.2 cm³/mol. The third kappa shape index (κ3) is 2.61. The van der Waals surface area contributed by atoms with Crippen molar-refractivity contribution in [2.75, 3.05) is 11.4 Å². The molecule has 1 aliphatic heterocycles. The Labute approximate surface area is 128 Å². The van der Waals surface area contributed by atoms with E-state index in [4.69, 9.17) is 18.0 Å². The van der Waals surface area contributed by atoms with Crippen LogP contribution in [0, 0.1) is 13.8 Å². The normalized spacial score (nSPS) is 17.6. The lowest BCUT2D eigenvalue weighted by Crippen LogP contribution is -2.64. The van der Waals surface area contributed by atoms with Crippen LogP contribution in [0.15, 0.2) is 6.07 Å². The van der Waals surface area contributed by atoms with Crippen LogP contribution >= 0.6 is 12.2 Å². The topological polar surface area (TPSA) is 88.3 Å². The first-order valence-corrected chi connectivity index (χ1v) is 6.95. The molecule has 7 heteroatoms. The Hall–Kier alpha value is -2.02. The molecule has 3 N–H and O–H groups in total. The molecule has 0 spiro atoms. The summed E-state index contributed by atoms with van der Waals surface area (Å²) in [6.45, 7) is 7.23. The Bertz CT molecular complexity index is 655. The Balaban J connectivity index is 2.67. The highest BCUT2D eigenvalue weighted by molar-refractivity contribution is 7.80. The highest BCUT2D eigenvalue weighted by atomic mass is 32.1. The maximum Gasteiger partial charge on any atom is 0.251 e. The molecule has 0 aliphatic carbocycles. The number of pyridine rings is 1. The summed E-state index contributed by atoms with van der Waals surface area (Å²) in [5.41, 5.74) is 7.15. The molecule has 1 fully saturated rings. The average Bonchev–Trinajstić information content (AvgIpc) is 2.32. The number of aromatic nitrogens is 1. The Morgan fingerprint density at radius 3 is 2.62 bits per heavy atom. The van der Waals surface area contributed by atoms with E-state index >= 15 is 0 Å². The monoisotopic (exact) mass is 306 g/mol. The minimum atomic E-state index is -0.916. The van der Waals surface area contributed by atoms with Crippen molar-refractivity contribution in [3.8, 4) is 0 Å². The third-order valence-corrected chi connectivity index (χ3v) is 3.82. The molecular weight excluding hydrogens is 288 g/mol. The Morgan fingerprint density at radius 1 is 1.43 bits per heavy atom. The van der Waals surface area contributed by atoms with Gasteiger partial charge in [-0.1, -0.05) is 12.2 Å². The molecule has 1 aromatic rings. The number of carbonyl (C=O) groups excluding carboxylic acids is 2. The molecule has 0 aromatic carbocycles. The highest BCUT2D eigenvalue weighted by Gasteiger charge is 2.42. The Kier molecular flexibility index (Phi) is 3.71. The lowest BCUT2D eigenvalue weighted by atomic mass is 9.97. The molecule has 0 unspecified atom stereocenters. The van der Waals surface area contributed by atoms with Gasteiger partial charge in [0.2, 0.25) is 5.91 Å². The van der Waals surface area contributed by atoms with Gasteiger partial charge >= 0.3 is 0 Å². The van der Waals surface area contributed by atoms with E-state index in [0.717, 1.165) is 11.3 Å². The molecule has 0 atom stereocenters. The molecule has 6 nitrogen and oxygen atoms in total. The van der Waals surface area contributed by atoms with Gasteiger partial charge < -0.3 is 10.6 Å². The second-order valence-electron chi connectivity index (χ2n) is 5.67. The zero-order chi connectivity index (χ0) is 15.9. The largest absolute Gasteiger partial charge is 0.389 e. The van der Waals surface area contributed by atoms with Crippen LogP contribution in [0.3, 0.4) is 0 Å². The summed E-state index contributed by atoms with van der Waals surface area (Å²) in [6, 6.07) is 1.87. The van der Waals surface area contributed by atoms with Gasteiger partial charge in [-0.2, -0.15) is 0 Å². The van der Waals surface area contributed by atoms with Crippen molar-refractivity contribution >= 4 is 34.8 Å². The van der Waals surface area contributed by atoms with E-state index in [9.17, 15) is 9.59 Å². The van der Waals surface area contributed by atoms with Crippen molar-refractivity contribution in [1.82, 2.24) is 10.3 Å². The van der Waals surface area contributed by atoms with E-state index in [0.29, 0.717) is 11.4 Å². The van der Waals surface area contributed by atoms with E-state index in [1.54, 1.807) is 18.7 Å². The molecule has 2 amide bonds. The second-order valence-corrected chi connectivity index (χ2v) is 6.11. The number of thiocarbonyl (C=S) groups is 1. The van der Waals surface area contributed by atoms with Crippen LogP contribution in [-0.4, -0.2) is 33.9 Å². The standard InChI is InChI=1S/C14H18N4O2S/c1-7-5-8(2)16-12(10(7)11(15)21)18-6-9(19)17-13(20)14(18,3)4/h5H,6H2,1-4H3,(H2,15,21)(H,17,19,20). The minimum absolute atomic E-state index is 0.0320. The van der Waals surface area contributed by atoms with E-state index in [-0.39, 0.29) is 23.3 Å². The van der Waals surface area contributed by atoms with Crippen molar-refractivity contribution in [2.45, 2.75) is 33.2 Å². The highest BCUT2D eigenvalue weighted by Crippen LogP contribution is 2.30. The molecule has 1 saturated heterocycles. The van der Waals surface area contributed by atoms with Gasteiger partial charge in [-0.25, -0.2) is 4.98 Å². The summed E-state index contributed by atoms with van der Waals surface area (Å²) in [5, 5.41) is 2.34. The van der Waals surface area contributed by atoms with Crippen LogP contribution in [0.25, 0.3) is 0 Å². The summed E-state index contributed by atoms with van der Waals surface area (Å²) in [6.07, 6.45) is 0. The summed E-state index contributed by atoms with van der Waals surface area (Å²) in [5.74, 6) is -0.254. The third-order valence-electron chi connectivity index (χ3n) is 3.61. The number of imide groups is 1. The van der Waals surface area contributed by atoms with Crippen LogP contribution in [0.4, 0.5) is 5.82 Å². The summed E-state index contributed by atoms with van der Waals surface area (Å²) in [4.78, 5) is 30.1. The molecule has 0 saturated carbocycles. The van der Waals surface area contributed by atoms with E-state index in [2.05, 4.69) is 10.3 Å². The molecule has 2 rings (SSSR count). The zero-order valence-corrected chi connectivity index (χ0v) is 13.3. The molecule has 21 heavy (non-hydrogen) atoms. The molecule has 112 valence electrons. The van der Waals surface area contributed by atoms with Gasteiger partial charge in [-0.3, -0.25) is 14.9 Å². The number of piperazine rings is 1. The maximum atomic E-state index is 12.1. The van der Waals surface area contributed by atoms with Gasteiger partial charge in [-0.05, 0) is 39.3 Å². The van der Waals surface area contributed by atoms with Crippen LogP contribution in [0.2, 0.25) is 0 Å². The van der Waals surface area contributed by atoms with Crippen molar-refractivity contribution in [1.29, 1.82) is 0 Å². The number of hydrogen-bond acceptors (Lipinski definition) is 5. The first-order valence-electron chi connectivity index (χ1n) is 6.54. The maximum absolute atomic E-state index is 12.1. The van der Waals surface area contributed by atoms with Crippen molar-refractivity contribution in [3.63, 3.8) is 0 Å². The van der Waals surface area contributed by atoms with Gasteiger partial charge in [-0.15, -0.1) is 0 Å². The number of carbonyl (C=O) groups is 2. The Morgan fingerprint density at radius 2 is 2.05 bits per heavy atom. The smallest absolute Gasteiger partial charge is 0.251 e. The average molecular weight is 306 g/mol. The number of nitrogens with two attached hydrogens (primary N) is 1. The molecule has 0 radical (unpaired) electrons. The number of amides is 2. The van der Waals surface area contributed by atoms with Crippen molar-refractivity contribution in [2.24, 2.45) is 5.73 Å².